The van der Waals surface area contributed by atoms with Gasteiger partial charge in [-0.3, -0.25) is 4.79 Å². The van der Waals surface area contributed by atoms with Crippen LogP contribution in [0.4, 0.5) is 0 Å². The van der Waals surface area contributed by atoms with Gasteiger partial charge in [0.25, 0.3) is 0 Å². The van der Waals surface area contributed by atoms with E-state index >= 15 is 0 Å². The van der Waals surface area contributed by atoms with E-state index < -0.39 is 0 Å². The van der Waals surface area contributed by atoms with Gasteiger partial charge in [-0.2, -0.15) is 0 Å². The van der Waals surface area contributed by atoms with Crippen LogP contribution in [0.25, 0.3) is 0 Å². The lowest BCUT2D eigenvalue weighted by molar-refractivity contribution is -0.151. The Morgan fingerprint density at radius 3 is 2.26 bits per heavy atom. The van der Waals surface area contributed by atoms with Gasteiger partial charge < -0.3 is 24.1 Å². The highest BCUT2D eigenvalue weighted by molar-refractivity contribution is 6.62. The standard InChI is InChI=1S/C28H46BNO5/c1-21(2)20-25(26(31)33-24-12-8-9-13-24)30-18-10-7-11-19-32-23-16-14-22(15-17-23)29-34-27(3,4)28(5,6)35-29/h14-17,21,24-25,30H,7-13,18-20H2,1-6H3/t25-/m0/s1. The Morgan fingerprint density at radius 2 is 1.66 bits per heavy atom. The highest BCUT2D eigenvalue weighted by Gasteiger charge is 2.51. The van der Waals surface area contributed by atoms with Crippen molar-refractivity contribution in [3.8, 4) is 5.75 Å². The molecule has 0 unspecified atom stereocenters. The van der Waals surface area contributed by atoms with Gasteiger partial charge in [-0.25, -0.2) is 0 Å². The summed E-state index contributed by atoms with van der Waals surface area (Å²) < 4.78 is 23.9. The van der Waals surface area contributed by atoms with Crippen molar-refractivity contribution in [2.75, 3.05) is 13.2 Å². The normalized spacial score (nSPS) is 20.4. The van der Waals surface area contributed by atoms with E-state index in [4.69, 9.17) is 18.8 Å². The summed E-state index contributed by atoms with van der Waals surface area (Å²) >= 11 is 0. The van der Waals surface area contributed by atoms with Crippen molar-refractivity contribution in [3.63, 3.8) is 0 Å². The number of hydrogen-bond acceptors (Lipinski definition) is 6. The largest absolute Gasteiger partial charge is 0.494 e. The smallest absolute Gasteiger partial charge is 0.494 e. The van der Waals surface area contributed by atoms with Crippen LogP contribution in [0.5, 0.6) is 5.75 Å². The second-order valence-corrected chi connectivity index (χ2v) is 11.5. The summed E-state index contributed by atoms with van der Waals surface area (Å²) in [6, 6.07) is 7.79. The van der Waals surface area contributed by atoms with Crippen molar-refractivity contribution in [2.45, 2.75) is 116 Å². The van der Waals surface area contributed by atoms with Crippen LogP contribution >= 0.6 is 0 Å². The molecule has 1 atom stereocenters. The molecule has 1 heterocycles. The maximum absolute atomic E-state index is 12.6. The summed E-state index contributed by atoms with van der Waals surface area (Å²) in [6.45, 7) is 14.0. The SMILES string of the molecule is CC(C)C[C@H](NCCCCCOc1ccc(B2OC(C)(C)C(C)(C)O2)cc1)C(=O)OC1CCCC1. The first kappa shape index (κ1) is 28.0. The molecule has 1 saturated heterocycles. The minimum atomic E-state index is -0.350. The van der Waals surface area contributed by atoms with Gasteiger partial charge in [-0.15, -0.1) is 0 Å². The number of benzene rings is 1. The molecule has 0 aromatic heterocycles. The fourth-order valence-corrected chi connectivity index (χ4v) is 4.56. The first-order valence-electron chi connectivity index (χ1n) is 13.6. The predicted octanol–water partition coefficient (Wildman–Crippen LogP) is 5.03. The average molecular weight is 487 g/mol. The number of ether oxygens (including phenoxy) is 2. The van der Waals surface area contributed by atoms with Crippen LogP contribution in [0.15, 0.2) is 24.3 Å². The minimum Gasteiger partial charge on any atom is -0.494 e. The highest BCUT2D eigenvalue weighted by Crippen LogP contribution is 2.36. The summed E-state index contributed by atoms with van der Waals surface area (Å²) in [5.41, 5.74) is 0.323. The molecule has 1 aromatic rings. The molecule has 1 aromatic carbocycles. The van der Waals surface area contributed by atoms with Crippen LogP contribution in [-0.4, -0.2) is 49.6 Å². The first-order valence-corrected chi connectivity index (χ1v) is 13.6. The first-order chi connectivity index (χ1) is 16.6. The molecule has 2 aliphatic rings. The quantitative estimate of drug-likeness (QED) is 0.239. The Balaban J connectivity index is 1.31. The number of carbonyl (C=O) groups excluding carboxylic acids is 1. The molecular formula is C28H46BNO5. The van der Waals surface area contributed by atoms with Gasteiger partial charge in [0.15, 0.2) is 0 Å². The summed E-state index contributed by atoms with van der Waals surface area (Å²) in [5, 5.41) is 3.44. The zero-order valence-electron chi connectivity index (χ0n) is 22.7. The van der Waals surface area contributed by atoms with Gasteiger partial charge in [0.2, 0.25) is 0 Å². The maximum Gasteiger partial charge on any atom is 0.494 e. The zero-order chi connectivity index (χ0) is 25.5. The number of esters is 1. The molecule has 1 N–H and O–H groups in total. The Hall–Kier alpha value is -1.57. The third kappa shape index (κ3) is 8.23. The van der Waals surface area contributed by atoms with Crippen molar-refractivity contribution in [3.05, 3.63) is 24.3 Å². The van der Waals surface area contributed by atoms with Crippen molar-refractivity contribution in [1.82, 2.24) is 5.32 Å². The minimum absolute atomic E-state index is 0.0714. The van der Waals surface area contributed by atoms with E-state index in [9.17, 15) is 4.79 Å². The van der Waals surface area contributed by atoms with Gasteiger partial charge in [0, 0.05) is 0 Å². The van der Waals surface area contributed by atoms with Crippen LogP contribution in [0.3, 0.4) is 0 Å². The van der Waals surface area contributed by atoms with Gasteiger partial charge in [0.1, 0.15) is 17.9 Å². The fraction of sp³-hybridized carbons (Fsp3) is 0.750. The molecule has 0 amide bonds. The Bertz CT molecular complexity index is 773. The average Bonchev–Trinajstić information content (AvgIpc) is 3.37. The molecule has 6 nitrogen and oxygen atoms in total. The lowest BCUT2D eigenvalue weighted by atomic mass is 9.79. The molecule has 0 spiro atoms. The van der Waals surface area contributed by atoms with Crippen molar-refractivity contribution in [2.24, 2.45) is 5.92 Å². The summed E-state index contributed by atoms with van der Waals surface area (Å²) in [4.78, 5) is 12.6. The number of rotatable bonds is 13. The third-order valence-electron chi connectivity index (χ3n) is 7.46. The molecule has 1 aliphatic heterocycles. The Kier molecular flexibility index (Phi) is 10.1. The van der Waals surface area contributed by atoms with E-state index in [0.717, 1.165) is 56.3 Å². The van der Waals surface area contributed by atoms with Crippen LogP contribution in [0.2, 0.25) is 0 Å². The van der Waals surface area contributed by atoms with Crippen molar-refractivity contribution in [1.29, 1.82) is 0 Å². The molecule has 1 aliphatic carbocycles. The lowest BCUT2D eigenvalue weighted by Crippen LogP contribution is -2.41. The molecule has 1 saturated carbocycles. The summed E-state index contributed by atoms with van der Waals surface area (Å²) in [7, 11) is -0.350. The second-order valence-electron chi connectivity index (χ2n) is 11.5. The van der Waals surface area contributed by atoms with E-state index in [2.05, 4.69) is 46.9 Å². The van der Waals surface area contributed by atoms with Crippen LogP contribution < -0.4 is 15.5 Å². The van der Waals surface area contributed by atoms with E-state index in [0.29, 0.717) is 12.5 Å². The highest BCUT2D eigenvalue weighted by atomic mass is 16.7. The number of nitrogens with one attached hydrogen (secondary N) is 1. The molecule has 2 fully saturated rings. The van der Waals surface area contributed by atoms with E-state index in [1.165, 1.54) is 12.8 Å². The van der Waals surface area contributed by atoms with Gasteiger partial charge in [-0.05, 0) is 109 Å². The molecule has 35 heavy (non-hydrogen) atoms. The van der Waals surface area contributed by atoms with Gasteiger partial charge >= 0.3 is 13.1 Å². The molecular weight excluding hydrogens is 441 g/mol. The summed E-state index contributed by atoms with van der Waals surface area (Å²) in [6.07, 6.45) is 8.35. The zero-order valence-corrected chi connectivity index (χ0v) is 22.7. The van der Waals surface area contributed by atoms with E-state index in [-0.39, 0.29) is 36.4 Å². The van der Waals surface area contributed by atoms with Crippen LogP contribution in [0.1, 0.15) is 92.9 Å². The number of carbonyl (C=O) groups is 1. The van der Waals surface area contributed by atoms with Crippen LogP contribution in [-0.2, 0) is 18.8 Å². The third-order valence-corrected chi connectivity index (χ3v) is 7.46. The van der Waals surface area contributed by atoms with E-state index in [1.54, 1.807) is 0 Å². The Labute approximate surface area is 213 Å². The molecule has 0 bridgehead atoms. The molecule has 3 rings (SSSR count). The monoisotopic (exact) mass is 487 g/mol. The molecule has 0 radical (unpaired) electrons. The Morgan fingerprint density at radius 1 is 1.03 bits per heavy atom. The number of hydrogen-bond donors (Lipinski definition) is 1. The molecule has 7 heteroatoms. The fourth-order valence-electron chi connectivity index (χ4n) is 4.56. The second kappa shape index (κ2) is 12.6. The maximum atomic E-state index is 12.6. The van der Waals surface area contributed by atoms with Crippen LogP contribution in [0, 0.1) is 5.92 Å². The number of unbranched alkanes of at least 4 members (excludes halogenated alkanes) is 2. The van der Waals surface area contributed by atoms with Gasteiger partial charge in [0.05, 0.1) is 17.8 Å². The summed E-state index contributed by atoms with van der Waals surface area (Å²) in [5.74, 6) is 1.24. The predicted molar refractivity (Wildman–Crippen MR) is 141 cm³/mol. The lowest BCUT2D eigenvalue weighted by Gasteiger charge is -2.32. The van der Waals surface area contributed by atoms with Crippen molar-refractivity contribution >= 4 is 18.6 Å². The van der Waals surface area contributed by atoms with Crippen molar-refractivity contribution < 1.29 is 23.6 Å². The van der Waals surface area contributed by atoms with Gasteiger partial charge in [-0.1, -0.05) is 26.0 Å². The molecule has 196 valence electrons. The topological polar surface area (TPSA) is 66.0 Å². The van der Waals surface area contributed by atoms with E-state index in [1.807, 2.05) is 24.3 Å².